The third kappa shape index (κ3) is 12.8. The van der Waals surface area contributed by atoms with Gasteiger partial charge in [-0.05, 0) is 73.1 Å². The molecule has 0 heterocycles. The highest BCUT2D eigenvalue weighted by atomic mass is 16.5. The van der Waals surface area contributed by atoms with Gasteiger partial charge >= 0.3 is 0 Å². The summed E-state index contributed by atoms with van der Waals surface area (Å²) in [6.45, 7) is 11.8. The van der Waals surface area contributed by atoms with Crippen molar-refractivity contribution >= 4 is 5.69 Å². The minimum Gasteiger partial charge on any atom is -0.497 e. The Kier molecular flexibility index (Phi) is 13.2. The van der Waals surface area contributed by atoms with Crippen LogP contribution in [0.25, 0.3) is 0 Å². The molecule has 3 heteroatoms. The van der Waals surface area contributed by atoms with E-state index in [0.29, 0.717) is 0 Å². The molecule has 31 heavy (non-hydrogen) atoms. The van der Waals surface area contributed by atoms with Crippen LogP contribution in [0.2, 0.25) is 0 Å². The minimum absolute atomic E-state index is 0.793. The van der Waals surface area contributed by atoms with Crippen LogP contribution in [0.15, 0.2) is 64.8 Å². The average molecular weight is 426 g/mol. The fraction of sp³-hybridized carbons (Fsp3) is 0.500. The Hall–Kier alpha value is -2.42. The molecule has 0 bridgehead atoms. The maximum absolute atomic E-state index is 5.32. The third-order valence-corrected chi connectivity index (χ3v) is 5.26. The van der Waals surface area contributed by atoms with E-state index in [-0.39, 0.29) is 0 Å². The highest BCUT2D eigenvalue weighted by molar-refractivity contribution is 5.54. The summed E-state index contributed by atoms with van der Waals surface area (Å²) in [7, 11) is 3.34. The number of ether oxygens (including phenoxy) is 2. The van der Waals surface area contributed by atoms with Gasteiger partial charge in [0.05, 0.1) is 14.2 Å². The van der Waals surface area contributed by atoms with Crippen LogP contribution in [-0.2, 0) is 0 Å². The summed E-state index contributed by atoms with van der Waals surface area (Å²) < 4.78 is 10.6. The van der Waals surface area contributed by atoms with Gasteiger partial charge in [0.15, 0.2) is 0 Å². The summed E-state index contributed by atoms with van der Waals surface area (Å²) in [5.41, 5.74) is 6.81. The average Bonchev–Trinajstić information content (AvgIpc) is 2.73. The molecule has 0 aromatic heterocycles. The number of rotatable bonds is 14. The van der Waals surface area contributed by atoms with Crippen molar-refractivity contribution in [1.29, 1.82) is 0 Å². The highest BCUT2D eigenvalue weighted by Crippen LogP contribution is 2.25. The largest absolute Gasteiger partial charge is 0.497 e. The van der Waals surface area contributed by atoms with Crippen LogP contribution in [0.5, 0.6) is 11.5 Å². The Labute approximate surface area is 190 Å². The monoisotopic (exact) mass is 425 g/mol. The SMILES string of the molecule is COc1cc(NCC=C(C)CCC=C(C)CCC=C(C)CCC=C(C)C)cc(OC)c1. The Balaban J connectivity index is 2.34. The van der Waals surface area contributed by atoms with Gasteiger partial charge in [0, 0.05) is 30.4 Å². The smallest absolute Gasteiger partial charge is 0.124 e. The molecule has 0 fully saturated rings. The molecule has 0 saturated heterocycles. The third-order valence-electron chi connectivity index (χ3n) is 5.26. The number of nitrogens with one attached hydrogen (secondary N) is 1. The number of hydrogen-bond acceptors (Lipinski definition) is 3. The van der Waals surface area contributed by atoms with Crippen molar-refractivity contribution in [2.24, 2.45) is 0 Å². The van der Waals surface area contributed by atoms with Gasteiger partial charge in [-0.15, -0.1) is 0 Å². The molecule has 1 aromatic carbocycles. The topological polar surface area (TPSA) is 30.5 Å². The van der Waals surface area contributed by atoms with Crippen molar-refractivity contribution < 1.29 is 9.47 Å². The first-order chi connectivity index (χ1) is 14.8. The van der Waals surface area contributed by atoms with Gasteiger partial charge in [0.25, 0.3) is 0 Å². The fourth-order valence-corrected chi connectivity index (χ4v) is 3.24. The Morgan fingerprint density at radius 1 is 0.677 bits per heavy atom. The van der Waals surface area contributed by atoms with Crippen LogP contribution >= 0.6 is 0 Å². The maximum Gasteiger partial charge on any atom is 0.124 e. The minimum atomic E-state index is 0.793. The van der Waals surface area contributed by atoms with Crippen LogP contribution < -0.4 is 14.8 Å². The van der Waals surface area contributed by atoms with E-state index in [1.165, 1.54) is 28.7 Å². The second kappa shape index (κ2) is 15.4. The molecular weight excluding hydrogens is 382 g/mol. The first-order valence-corrected chi connectivity index (χ1v) is 11.4. The number of hydrogen-bond donors (Lipinski definition) is 1. The van der Waals surface area contributed by atoms with Gasteiger partial charge in [0.1, 0.15) is 11.5 Å². The molecule has 0 spiro atoms. The predicted octanol–water partition coefficient (Wildman–Crippen LogP) is 8.26. The lowest BCUT2D eigenvalue weighted by molar-refractivity contribution is 0.394. The molecule has 0 saturated carbocycles. The van der Waals surface area contributed by atoms with Gasteiger partial charge in [-0.25, -0.2) is 0 Å². The molecular formula is C28H43NO2. The lowest BCUT2D eigenvalue weighted by atomic mass is 10.0. The fourth-order valence-electron chi connectivity index (χ4n) is 3.24. The van der Waals surface area contributed by atoms with Gasteiger partial charge in [0.2, 0.25) is 0 Å². The quantitative estimate of drug-likeness (QED) is 0.304. The number of allylic oxidation sites excluding steroid dienone is 7. The second-order valence-electron chi connectivity index (χ2n) is 8.53. The summed E-state index contributed by atoms with van der Waals surface area (Å²) in [5.74, 6) is 1.59. The molecule has 1 aromatic rings. The molecule has 3 nitrogen and oxygen atoms in total. The van der Waals surface area contributed by atoms with E-state index in [4.69, 9.17) is 9.47 Å². The van der Waals surface area contributed by atoms with Gasteiger partial charge in [-0.1, -0.05) is 46.6 Å². The van der Waals surface area contributed by atoms with Crippen molar-refractivity contribution in [3.05, 3.63) is 64.8 Å². The molecule has 1 rings (SSSR count). The second-order valence-corrected chi connectivity index (χ2v) is 8.53. The van der Waals surface area contributed by atoms with E-state index in [9.17, 15) is 0 Å². The number of anilines is 1. The lowest BCUT2D eigenvalue weighted by Gasteiger charge is -2.10. The van der Waals surface area contributed by atoms with Gasteiger partial charge in [-0.3, -0.25) is 0 Å². The molecule has 0 radical (unpaired) electrons. The van der Waals surface area contributed by atoms with Crippen molar-refractivity contribution in [3.63, 3.8) is 0 Å². The summed E-state index contributed by atoms with van der Waals surface area (Å²) in [5, 5.41) is 3.42. The molecule has 0 aliphatic rings. The zero-order valence-corrected chi connectivity index (χ0v) is 20.8. The van der Waals surface area contributed by atoms with E-state index in [2.05, 4.69) is 64.2 Å². The summed E-state index contributed by atoms with van der Waals surface area (Å²) in [6, 6.07) is 5.84. The molecule has 0 unspecified atom stereocenters. The molecule has 0 aliphatic carbocycles. The highest BCUT2D eigenvalue weighted by Gasteiger charge is 2.01. The summed E-state index contributed by atoms with van der Waals surface area (Å²) >= 11 is 0. The van der Waals surface area contributed by atoms with Gasteiger partial charge in [-0.2, -0.15) is 0 Å². The van der Waals surface area contributed by atoms with E-state index < -0.39 is 0 Å². The molecule has 0 amide bonds. The molecule has 0 atom stereocenters. The van der Waals surface area contributed by atoms with E-state index in [1.54, 1.807) is 14.2 Å². The summed E-state index contributed by atoms with van der Waals surface area (Å²) in [6.07, 6.45) is 16.2. The Morgan fingerprint density at radius 2 is 1.13 bits per heavy atom. The number of benzene rings is 1. The van der Waals surface area contributed by atoms with Crippen molar-refractivity contribution in [2.75, 3.05) is 26.1 Å². The molecule has 0 aliphatic heterocycles. The van der Waals surface area contributed by atoms with Crippen LogP contribution in [0, 0.1) is 0 Å². The Bertz CT molecular complexity index is 758. The van der Waals surface area contributed by atoms with Crippen LogP contribution in [0.1, 0.15) is 73.1 Å². The number of methoxy groups -OCH3 is 2. The van der Waals surface area contributed by atoms with E-state index >= 15 is 0 Å². The van der Waals surface area contributed by atoms with Gasteiger partial charge < -0.3 is 14.8 Å². The van der Waals surface area contributed by atoms with E-state index in [1.807, 2.05) is 18.2 Å². The van der Waals surface area contributed by atoms with Crippen LogP contribution in [0.3, 0.4) is 0 Å². The first kappa shape index (κ1) is 26.6. The van der Waals surface area contributed by atoms with Crippen molar-refractivity contribution in [1.82, 2.24) is 0 Å². The zero-order chi connectivity index (χ0) is 23.1. The molecule has 1 N–H and O–H groups in total. The first-order valence-electron chi connectivity index (χ1n) is 11.4. The van der Waals surface area contributed by atoms with E-state index in [0.717, 1.165) is 55.8 Å². The lowest BCUT2D eigenvalue weighted by Crippen LogP contribution is -2.00. The molecule has 172 valence electrons. The standard InChI is InChI=1S/C28H43NO2/c1-22(2)11-8-12-23(3)13-9-14-24(4)15-10-16-25(5)17-18-29-26-19-27(30-6)21-28(20-26)31-7/h11,13,15,17,19-21,29H,8-10,12,14,16,18H2,1-7H3. The van der Waals surface area contributed by atoms with Crippen molar-refractivity contribution in [2.45, 2.75) is 73.1 Å². The zero-order valence-electron chi connectivity index (χ0n) is 20.8. The Morgan fingerprint density at radius 3 is 1.58 bits per heavy atom. The maximum atomic E-state index is 5.32. The van der Waals surface area contributed by atoms with Crippen LogP contribution in [0.4, 0.5) is 5.69 Å². The van der Waals surface area contributed by atoms with Crippen LogP contribution in [-0.4, -0.2) is 20.8 Å². The van der Waals surface area contributed by atoms with Crippen molar-refractivity contribution in [3.8, 4) is 11.5 Å². The summed E-state index contributed by atoms with van der Waals surface area (Å²) in [4.78, 5) is 0. The normalized spacial score (nSPS) is 12.5. The predicted molar refractivity (Wildman–Crippen MR) is 136 cm³/mol.